The second-order valence-electron chi connectivity index (χ2n) is 10.3. The SMILES string of the molecule is C#CC1=C(F)CCc2cccc(-c3nc/c(=C(/N=C(\C)OC)N4CCCC(C)C4)c(=C(C)CC)c3C)c21. The lowest BCUT2D eigenvalue weighted by atomic mass is 9.84. The van der Waals surface area contributed by atoms with Crippen molar-refractivity contribution in [1.82, 2.24) is 9.88 Å². The maximum absolute atomic E-state index is 14.8. The van der Waals surface area contributed by atoms with Crippen molar-refractivity contribution < 1.29 is 9.13 Å². The van der Waals surface area contributed by atoms with Crippen LogP contribution in [0.4, 0.5) is 4.39 Å². The van der Waals surface area contributed by atoms with Crippen LogP contribution in [0.1, 0.15) is 70.1 Å². The number of ether oxygens (including phenoxy) is 1. The average Bonchev–Trinajstić information content (AvgIpc) is 2.90. The molecule has 2 aromatic rings. The van der Waals surface area contributed by atoms with Crippen molar-refractivity contribution >= 4 is 22.9 Å². The molecule has 4 nitrogen and oxygen atoms in total. The highest BCUT2D eigenvalue weighted by Crippen LogP contribution is 2.38. The Hall–Kier alpha value is -3.39. The van der Waals surface area contributed by atoms with Gasteiger partial charge in [0.25, 0.3) is 0 Å². The molecular weight excluding hydrogens is 461 g/mol. The van der Waals surface area contributed by atoms with E-state index < -0.39 is 0 Å². The zero-order chi connectivity index (χ0) is 26.7. The molecular formula is C32H38FN3O. The van der Waals surface area contributed by atoms with Gasteiger partial charge in [-0.25, -0.2) is 4.39 Å². The molecule has 1 unspecified atom stereocenters. The number of likely N-dealkylation sites (tertiary alicyclic amines) is 1. The van der Waals surface area contributed by atoms with Crippen molar-refractivity contribution in [2.45, 2.75) is 66.7 Å². The topological polar surface area (TPSA) is 37.7 Å². The third-order valence-electron chi connectivity index (χ3n) is 7.72. The number of fused-ring (bicyclic) bond motifs is 1. The highest BCUT2D eigenvalue weighted by Gasteiger charge is 2.24. The van der Waals surface area contributed by atoms with Crippen LogP contribution in [-0.2, 0) is 11.2 Å². The van der Waals surface area contributed by atoms with E-state index in [1.165, 1.54) is 12.0 Å². The smallest absolute Gasteiger partial charge is 0.186 e. The molecule has 4 rings (SSSR count). The molecule has 0 saturated carbocycles. The molecule has 0 amide bonds. The number of methoxy groups -OCH3 is 1. The van der Waals surface area contributed by atoms with Crippen molar-refractivity contribution in [3.8, 4) is 23.6 Å². The lowest BCUT2D eigenvalue weighted by Gasteiger charge is -2.33. The molecule has 1 aliphatic carbocycles. The number of aliphatic imine (C=N–C) groups is 1. The van der Waals surface area contributed by atoms with Gasteiger partial charge in [0.1, 0.15) is 11.6 Å². The molecule has 0 spiro atoms. The highest BCUT2D eigenvalue weighted by atomic mass is 19.1. The molecule has 1 aromatic carbocycles. The minimum absolute atomic E-state index is 0.215. The molecule has 1 atom stereocenters. The molecule has 2 heterocycles. The first kappa shape index (κ1) is 26.7. The Morgan fingerprint density at radius 2 is 2.08 bits per heavy atom. The van der Waals surface area contributed by atoms with Crippen LogP contribution >= 0.6 is 0 Å². The molecule has 0 radical (unpaired) electrons. The van der Waals surface area contributed by atoms with Gasteiger partial charge in [-0.2, -0.15) is 4.99 Å². The van der Waals surface area contributed by atoms with Crippen LogP contribution in [0.5, 0.6) is 0 Å². The monoisotopic (exact) mass is 499 g/mol. The zero-order valence-corrected chi connectivity index (χ0v) is 23.0. The number of hydrogen-bond donors (Lipinski definition) is 0. The number of nitrogens with zero attached hydrogens (tertiary/aromatic N) is 3. The minimum Gasteiger partial charge on any atom is -0.484 e. The summed E-state index contributed by atoms with van der Waals surface area (Å²) in [4.78, 5) is 12.3. The summed E-state index contributed by atoms with van der Waals surface area (Å²) in [6, 6.07) is 6.08. The molecule has 1 fully saturated rings. The third-order valence-corrected chi connectivity index (χ3v) is 7.72. The van der Waals surface area contributed by atoms with Crippen LogP contribution in [0.25, 0.3) is 28.2 Å². The summed E-state index contributed by atoms with van der Waals surface area (Å²) in [5.74, 6) is 4.52. The molecule has 1 aliphatic heterocycles. The van der Waals surface area contributed by atoms with Crippen molar-refractivity contribution in [1.29, 1.82) is 0 Å². The van der Waals surface area contributed by atoms with Gasteiger partial charge in [-0.05, 0) is 61.8 Å². The molecule has 5 heteroatoms. The summed E-state index contributed by atoms with van der Waals surface area (Å²) >= 11 is 0. The number of hydrogen-bond acceptors (Lipinski definition) is 4. The number of piperidine rings is 1. The van der Waals surface area contributed by atoms with Gasteiger partial charge in [0.15, 0.2) is 5.90 Å². The fourth-order valence-corrected chi connectivity index (χ4v) is 5.61. The molecule has 1 saturated heterocycles. The van der Waals surface area contributed by atoms with E-state index in [4.69, 9.17) is 21.1 Å². The lowest BCUT2D eigenvalue weighted by Crippen LogP contribution is -2.41. The first-order chi connectivity index (χ1) is 17.8. The van der Waals surface area contributed by atoms with Gasteiger partial charge < -0.3 is 9.64 Å². The zero-order valence-electron chi connectivity index (χ0n) is 23.0. The fourth-order valence-electron chi connectivity index (χ4n) is 5.61. The minimum atomic E-state index is -0.215. The van der Waals surface area contributed by atoms with Crippen molar-refractivity contribution in [2.24, 2.45) is 10.9 Å². The number of aryl methyl sites for hydroxylation is 1. The van der Waals surface area contributed by atoms with Crippen molar-refractivity contribution in [2.75, 3.05) is 20.2 Å². The Labute approximate surface area is 220 Å². The Morgan fingerprint density at radius 1 is 1.30 bits per heavy atom. The van der Waals surface area contributed by atoms with Crippen LogP contribution in [0.3, 0.4) is 0 Å². The largest absolute Gasteiger partial charge is 0.484 e. The Morgan fingerprint density at radius 3 is 2.76 bits per heavy atom. The van der Waals surface area contributed by atoms with E-state index in [1.807, 2.05) is 31.3 Å². The van der Waals surface area contributed by atoms with Crippen LogP contribution in [0, 0.1) is 25.2 Å². The molecule has 2 aliphatic rings. The van der Waals surface area contributed by atoms with Gasteiger partial charge in [-0.1, -0.05) is 43.5 Å². The van der Waals surface area contributed by atoms with E-state index in [1.54, 1.807) is 7.11 Å². The van der Waals surface area contributed by atoms with E-state index in [2.05, 4.69) is 38.5 Å². The van der Waals surface area contributed by atoms with Crippen LogP contribution < -0.4 is 10.4 Å². The van der Waals surface area contributed by atoms with Crippen LogP contribution in [-0.4, -0.2) is 36.0 Å². The summed E-state index contributed by atoms with van der Waals surface area (Å²) in [5.41, 5.74) is 6.27. The second kappa shape index (κ2) is 11.3. The highest BCUT2D eigenvalue weighted by molar-refractivity contribution is 5.91. The number of halogens is 1. The summed E-state index contributed by atoms with van der Waals surface area (Å²) in [6.07, 6.45) is 12.0. The van der Waals surface area contributed by atoms with E-state index in [0.29, 0.717) is 30.2 Å². The summed E-state index contributed by atoms with van der Waals surface area (Å²) < 4.78 is 20.3. The van der Waals surface area contributed by atoms with Crippen LogP contribution in [0.2, 0.25) is 0 Å². The summed E-state index contributed by atoms with van der Waals surface area (Å²) in [7, 11) is 1.65. The Bertz CT molecular complexity index is 1430. The maximum atomic E-state index is 14.8. The molecule has 1 aromatic heterocycles. The fraction of sp³-hybridized carbons (Fsp3) is 0.438. The Balaban J connectivity index is 2.08. The van der Waals surface area contributed by atoms with Gasteiger partial charge in [0, 0.05) is 49.0 Å². The normalized spacial score (nSPS) is 19.8. The quantitative estimate of drug-likeness (QED) is 0.305. The van der Waals surface area contributed by atoms with Gasteiger partial charge in [0.2, 0.25) is 0 Å². The average molecular weight is 500 g/mol. The number of pyridine rings is 1. The summed E-state index contributed by atoms with van der Waals surface area (Å²) in [6.45, 7) is 12.5. The number of terminal acetylenes is 1. The van der Waals surface area contributed by atoms with Gasteiger partial charge in [-0.3, -0.25) is 4.98 Å². The van der Waals surface area contributed by atoms with Gasteiger partial charge in [0.05, 0.1) is 18.4 Å². The lowest BCUT2D eigenvalue weighted by molar-refractivity contribution is 0.255. The predicted octanol–water partition coefficient (Wildman–Crippen LogP) is 5.76. The first-order valence-electron chi connectivity index (χ1n) is 13.3. The number of benzene rings is 1. The number of rotatable bonds is 4. The molecule has 0 bridgehead atoms. The van der Waals surface area contributed by atoms with E-state index >= 15 is 0 Å². The first-order valence-corrected chi connectivity index (χ1v) is 13.3. The molecule has 0 N–H and O–H groups in total. The van der Waals surface area contributed by atoms with Crippen molar-refractivity contribution in [3.63, 3.8) is 0 Å². The van der Waals surface area contributed by atoms with Gasteiger partial charge in [-0.15, -0.1) is 6.42 Å². The standard InChI is InChI=1S/C32H38FN3O/c1-8-21(4)29-22(5)31(26-14-10-13-24-15-16-28(33)25(9-2)30(24)26)34-18-27(29)32(35-23(6)37-7)36-17-11-12-20(3)19-36/h2,10,13-14,18,20H,8,11-12,15-17,19H2,1,3-7H3/b29-21?,32-27+,35-23+. The maximum Gasteiger partial charge on any atom is 0.186 e. The second-order valence-corrected chi connectivity index (χ2v) is 10.3. The van der Waals surface area contributed by atoms with Crippen LogP contribution in [0.15, 0.2) is 35.2 Å². The third kappa shape index (κ3) is 5.21. The number of aromatic nitrogens is 1. The van der Waals surface area contributed by atoms with E-state index in [0.717, 1.165) is 70.1 Å². The van der Waals surface area contributed by atoms with E-state index in [-0.39, 0.29) is 5.83 Å². The molecule has 194 valence electrons. The van der Waals surface area contributed by atoms with Gasteiger partial charge >= 0.3 is 0 Å². The summed E-state index contributed by atoms with van der Waals surface area (Å²) in [5, 5.41) is 2.16. The number of allylic oxidation sites excluding steroid dienone is 2. The van der Waals surface area contributed by atoms with E-state index in [9.17, 15) is 4.39 Å². The molecule has 37 heavy (non-hydrogen) atoms. The van der Waals surface area contributed by atoms with Crippen molar-refractivity contribution in [3.05, 3.63) is 57.4 Å². The predicted molar refractivity (Wildman–Crippen MR) is 152 cm³/mol. The Kier molecular flexibility index (Phi) is 8.17.